The van der Waals surface area contributed by atoms with Gasteiger partial charge in [-0.3, -0.25) is 0 Å². The van der Waals surface area contributed by atoms with Crippen LogP contribution in [0.3, 0.4) is 0 Å². The molecule has 1 aromatic carbocycles. The van der Waals surface area contributed by atoms with Gasteiger partial charge in [0.2, 0.25) is 0 Å². The van der Waals surface area contributed by atoms with Gasteiger partial charge in [-0.2, -0.15) is 0 Å². The first-order chi connectivity index (χ1) is 9.73. The van der Waals surface area contributed by atoms with E-state index in [4.69, 9.17) is 4.43 Å². The quantitative estimate of drug-likeness (QED) is 0.700. The van der Waals surface area contributed by atoms with Crippen LogP contribution in [-0.2, 0) is 4.43 Å². The molecule has 1 N–H and O–H groups in total. The number of aliphatic hydroxyl groups is 1. The fourth-order valence-electron chi connectivity index (χ4n) is 3.77. The Morgan fingerprint density at radius 2 is 1.43 bits per heavy atom. The van der Waals surface area contributed by atoms with Crippen LogP contribution in [0.25, 0.3) is 0 Å². The van der Waals surface area contributed by atoms with Gasteiger partial charge in [0.05, 0.1) is 6.61 Å². The summed E-state index contributed by atoms with van der Waals surface area (Å²) >= 11 is 0. The summed E-state index contributed by atoms with van der Waals surface area (Å²) < 4.78 is 6.47. The maximum absolute atomic E-state index is 10.5. The third-order valence-corrected chi connectivity index (χ3v) is 10.8. The van der Waals surface area contributed by atoms with E-state index in [2.05, 4.69) is 41.5 Å². The van der Waals surface area contributed by atoms with Gasteiger partial charge in [0.15, 0.2) is 8.32 Å². The van der Waals surface area contributed by atoms with Gasteiger partial charge in [-0.25, -0.2) is 0 Å². The van der Waals surface area contributed by atoms with E-state index in [0.717, 1.165) is 11.1 Å². The highest BCUT2D eigenvalue weighted by Gasteiger charge is 2.45. The Kier molecular flexibility index (Phi) is 6.63. The Balaban J connectivity index is 2.90. The molecule has 0 aromatic heterocycles. The molecule has 1 aromatic rings. The van der Waals surface area contributed by atoms with E-state index in [1.807, 2.05) is 31.2 Å². The summed E-state index contributed by atoms with van der Waals surface area (Å²) in [5.74, 6) is 0. The van der Waals surface area contributed by atoms with Gasteiger partial charge in [0.1, 0.15) is 6.10 Å². The summed E-state index contributed by atoms with van der Waals surface area (Å²) in [4.78, 5) is 0. The molecule has 1 rings (SSSR count). The molecule has 3 heteroatoms. The highest BCUT2D eigenvalue weighted by atomic mass is 28.4. The molecule has 0 aliphatic heterocycles. The molecule has 0 fully saturated rings. The van der Waals surface area contributed by atoms with Crippen molar-refractivity contribution in [2.75, 3.05) is 6.61 Å². The van der Waals surface area contributed by atoms with Crippen molar-refractivity contribution in [3.05, 3.63) is 35.4 Å². The molecule has 0 aliphatic rings. The lowest BCUT2D eigenvalue weighted by Crippen LogP contribution is -2.48. The standard InChI is InChI=1S/C18H32O2Si/c1-13(2)21(14(3)4,15(5)6)20-12-18(19)17-11-9-8-10-16(17)7/h8-11,13-15,18-19H,12H2,1-7H3/t18-/m1/s1. The van der Waals surface area contributed by atoms with Gasteiger partial charge >= 0.3 is 0 Å². The predicted octanol–water partition coefficient (Wildman–Crippen LogP) is 5.22. The minimum Gasteiger partial charge on any atom is -0.413 e. The van der Waals surface area contributed by atoms with Crippen LogP contribution in [-0.4, -0.2) is 20.0 Å². The molecule has 120 valence electrons. The fourth-order valence-corrected chi connectivity index (χ4v) is 9.22. The van der Waals surface area contributed by atoms with Crippen molar-refractivity contribution in [1.29, 1.82) is 0 Å². The van der Waals surface area contributed by atoms with Gasteiger partial charge in [0.25, 0.3) is 0 Å². The number of rotatable bonds is 7. The third kappa shape index (κ3) is 3.96. The van der Waals surface area contributed by atoms with Crippen molar-refractivity contribution in [2.45, 2.75) is 71.2 Å². The molecule has 0 saturated heterocycles. The third-order valence-electron chi connectivity index (χ3n) is 4.75. The largest absolute Gasteiger partial charge is 0.413 e. The minimum absolute atomic E-state index is 0.408. The number of hydrogen-bond donors (Lipinski definition) is 1. The zero-order valence-corrected chi connectivity index (χ0v) is 15.7. The number of aryl methyl sites for hydroxylation is 1. The van der Waals surface area contributed by atoms with Crippen LogP contribution in [0.15, 0.2) is 24.3 Å². The van der Waals surface area contributed by atoms with E-state index in [9.17, 15) is 5.11 Å². The van der Waals surface area contributed by atoms with Crippen LogP contribution in [0, 0.1) is 6.92 Å². The van der Waals surface area contributed by atoms with Crippen LogP contribution in [0.4, 0.5) is 0 Å². The second kappa shape index (κ2) is 7.57. The van der Waals surface area contributed by atoms with E-state index in [-0.39, 0.29) is 0 Å². The molecule has 0 bridgehead atoms. The molecule has 1 atom stereocenters. The summed E-state index contributed by atoms with van der Waals surface area (Å²) in [6.07, 6.45) is -0.533. The zero-order chi connectivity index (χ0) is 16.2. The monoisotopic (exact) mass is 308 g/mol. The Bertz CT molecular complexity index is 419. The van der Waals surface area contributed by atoms with Crippen molar-refractivity contribution in [2.24, 2.45) is 0 Å². The lowest BCUT2D eigenvalue weighted by Gasteiger charge is -2.42. The smallest absolute Gasteiger partial charge is 0.200 e. The molecular formula is C18H32O2Si. The SMILES string of the molecule is Cc1ccccc1[C@H](O)CO[Si](C(C)C)(C(C)C)C(C)C. The highest BCUT2D eigenvalue weighted by Crippen LogP contribution is 2.42. The molecular weight excluding hydrogens is 276 g/mol. The van der Waals surface area contributed by atoms with Crippen molar-refractivity contribution < 1.29 is 9.53 Å². The van der Waals surface area contributed by atoms with Gasteiger partial charge in [-0.05, 0) is 34.7 Å². The van der Waals surface area contributed by atoms with Crippen LogP contribution in [0.1, 0.15) is 58.8 Å². The van der Waals surface area contributed by atoms with E-state index >= 15 is 0 Å². The second-order valence-corrected chi connectivity index (χ2v) is 12.5. The summed E-state index contributed by atoms with van der Waals surface area (Å²) in [5, 5.41) is 10.5. The average molecular weight is 309 g/mol. The number of hydrogen-bond acceptors (Lipinski definition) is 2. The summed E-state index contributed by atoms with van der Waals surface area (Å²) in [6.45, 7) is 16.1. The minimum atomic E-state index is -1.90. The predicted molar refractivity (Wildman–Crippen MR) is 93.1 cm³/mol. The van der Waals surface area contributed by atoms with Crippen LogP contribution in [0.5, 0.6) is 0 Å². The summed E-state index contributed by atoms with van der Waals surface area (Å²) in [6, 6.07) is 8.01. The molecule has 0 aliphatic carbocycles. The normalized spacial score (nSPS) is 14.2. The first-order valence-electron chi connectivity index (χ1n) is 8.11. The van der Waals surface area contributed by atoms with Gasteiger partial charge in [0, 0.05) is 0 Å². The maximum atomic E-state index is 10.5. The van der Waals surface area contributed by atoms with Crippen LogP contribution in [0.2, 0.25) is 16.6 Å². The van der Waals surface area contributed by atoms with Gasteiger partial charge in [-0.15, -0.1) is 0 Å². The zero-order valence-electron chi connectivity index (χ0n) is 14.7. The Morgan fingerprint density at radius 3 is 1.86 bits per heavy atom. The lowest BCUT2D eigenvalue weighted by atomic mass is 10.0. The van der Waals surface area contributed by atoms with Crippen LogP contribution < -0.4 is 0 Å². The van der Waals surface area contributed by atoms with E-state index in [1.54, 1.807) is 0 Å². The molecule has 0 radical (unpaired) electrons. The van der Waals surface area contributed by atoms with E-state index in [1.165, 1.54) is 0 Å². The average Bonchev–Trinajstić information content (AvgIpc) is 2.38. The maximum Gasteiger partial charge on any atom is 0.200 e. The van der Waals surface area contributed by atoms with Gasteiger partial charge in [-0.1, -0.05) is 65.8 Å². The van der Waals surface area contributed by atoms with Crippen molar-refractivity contribution in [3.63, 3.8) is 0 Å². The molecule has 21 heavy (non-hydrogen) atoms. The fraction of sp³-hybridized carbons (Fsp3) is 0.667. The molecule has 0 amide bonds. The van der Waals surface area contributed by atoms with Crippen molar-refractivity contribution in [1.82, 2.24) is 0 Å². The Morgan fingerprint density at radius 1 is 0.952 bits per heavy atom. The first kappa shape index (κ1) is 18.4. The van der Waals surface area contributed by atoms with Crippen molar-refractivity contribution in [3.8, 4) is 0 Å². The topological polar surface area (TPSA) is 29.5 Å². The van der Waals surface area contributed by atoms with Crippen molar-refractivity contribution >= 4 is 8.32 Å². The lowest BCUT2D eigenvalue weighted by molar-refractivity contribution is 0.0973. The number of aliphatic hydroxyl groups excluding tert-OH is 1. The Labute approximate surface area is 131 Å². The first-order valence-corrected chi connectivity index (χ1v) is 10.2. The summed E-state index contributed by atoms with van der Waals surface area (Å²) in [7, 11) is -1.90. The molecule has 0 spiro atoms. The van der Waals surface area contributed by atoms with E-state index < -0.39 is 14.4 Å². The Hall–Kier alpha value is -0.643. The number of benzene rings is 1. The molecule has 0 saturated carbocycles. The molecule has 0 heterocycles. The van der Waals surface area contributed by atoms with Crippen LogP contribution >= 0.6 is 0 Å². The highest BCUT2D eigenvalue weighted by molar-refractivity contribution is 6.77. The second-order valence-electron chi connectivity index (χ2n) is 7.00. The molecule has 2 nitrogen and oxygen atoms in total. The summed E-state index contributed by atoms with van der Waals surface area (Å²) in [5.41, 5.74) is 3.74. The molecule has 0 unspecified atom stereocenters. The van der Waals surface area contributed by atoms with Gasteiger partial charge < -0.3 is 9.53 Å². The van der Waals surface area contributed by atoms with E-state index in [0.29, 0.717) is 23.2 Å².